The van der Waals surface area contributed by atoms with E-state index < -0.39 is 0 Å². The molecule has 0 spiro atoms. The van der Waals surface area contributed by atoms with Gasteiger partial charge < -0.3 is 9.72 Å². The third-order valence-electron chi connectivity index (χ3n) is 2.37. The monoisotopic (exact) mass is 249 g/mol. The summed E-state index contributed by atoms with van der Waals surface area (Å²) in [5.74, 6) is 0.0602. The predicted octanol–water partition coefficient (Wildman–Crippen LogP) is 3.45. The molecule has 1 N–H and O–H groups in total. The van der Waals surface area contributed by atoms with Gasteiger partial charge >= 0.3 is 5.97 Å². The van der Waals surface area contributed by atoms with Crippen molar-refractivity contribution in [1.82, 2.24) is 4.98 Å². The predicted molar refractivity (Wildman–Crippen MR) is 66.6 cm³/mol. The number of aromatic amines is 1. The molecule has 2 rings (SSSR count). The molecule has 0 amide bonds. The summed E-state index contributed by atoms with van der Waals surface area (Å²) in [6.07, 6.45) is 2.50. The summed E-state index contributed by atoms with van der Waals surface area (Å²) in [4.78, 5) is 14.8. The molecule has 0 aliphatic heterocycles. The van der Waals surface area contributed by atoms with E-state index in [0.29, 0.717) is 16.3 Å². The maximum Gasteiger partial charge on any atom is 0.345 e. The van der Waals surface area contributed by atoms with Crippen molar-refractivity contribution in [3.05, 3.63) is 52.8 Å². The summed E-state index contributed by atoms with van der Waals surface area (Å²) in [6, 6.07) is 8.54. The Bertz CT molecular complexity index is 534. The second-order valence-electron chi connectivity index (χ2n) is 3.61. The first-order valence-corrected chi connectivity index (χ1v) is 5.72. The lowest BCUT2D eigenvalue weighted by Gasteiger charge is -2.02. The molecule has 1 aromatic carbocycles. The number of esters is 1. The van der Waals surface area contributed by atoms with Gasteiger partial charge in [-0.1, -0.05) is 24.6 Å². The van der Waals surface area contributed by atoms with Crippen molar-refractivity contribution in [3.63, 3.8) is 0 Å². The highest BCUT2D eigenvalue weighted by Gasteiger charge is 2.10. The Labute approximate surface area is 104 Å². The van der Waals surface area contributed by atoms with Crippen LogP contribution in [0.25, 0.3) is 0 Å². The fourth-order valence-corrected chi connectivity index (χ4v) is 1.64. The maximum absolute atomic E-state index is 11.8. The highest BCUT2D eigenvalue weighted by Crippen LogP contribution is 2.18. The van der Waals surface area contributed by atoms with Gasteiger partial charge in [0, 0.05) is 16.9 Å². The average Bonchev–Trinajstić information content (AvgIpc) is 2.77. The molecular formula is C13H12ClNO2. The van der Waals surface area contributed by atoms with Crippen molar-refractivity contribution in [2.24, 2.45) is 0 Å². The molecule has 2 aromatic rings. The topological polar surface area (TPSA) is 42.1 Å². The fourth-order valence-electron chi connectivity index (χ4n) is 1.46. The fraction of sp³-hybridized carbons (Fsp3) is 0.154. The van der Waals surface area contributed by atoms with Crippen LogP contribution in [0.1, 0.15) is 23.0 Å². The van der Waals surface area contributed by atoms with Crippen LogP contribution in [0.15, 0.2) is 36.5 Å². The lowest BCUT2D eigenvalue weighted by atomic mass is 10.3. The van der Waals surface area contributed by atoms with Gasteiger partial charge in [-0.25, -0.2) is 4.79 Å². The van der Waals surface area contributed by atoms with Gasteiger partial charge in [0.15, 0.2) is 0 Å². The van der Waals surface area contributed by atoms with Gasteiger partial charge in [-0.15, -0.1) is 0 Å². The van der Waals surface area contributed by atoms with Crippen molar-refractivity contribution < 1.29 is 9.53 Å². The second kappa shape index (κ2) is 5.06. The van der Waals surface area contributed by atoms with E-state index in [9.17, 15) is 4.79 Å². The van der Waals surface area contributed by atoms with E-state index >= 15 is 0 Å². The zero-order chi connectivity index (χ0) is 12.3. The third kappa shape index (κ3) is 2.88. The smallest absolute Gasteiger partial charge is 0.345 e. The number of benzene rings is 1. The molecule has 0 atom stereocenters. The van der Waals surface area contributed by atoms with Gasteiger partial charge in [-0.05, 0) is 30.7 Å². The highest BCUT2D eigenvalue weighted by molar-refractivity contribution is 6.30. The van der Waals surface area contributed by atoms with Gasteiger partial charge in [0.05, 0.1) is 5.56 Å². The number of nitrogens with one attached hydrogen (secondary N) is 1. The summed E-state index contributed by atoms with van der Waals surface area (Å²) in [5, 5.41) is 0.540. The number of aryl methyl sites for hydroxylation is 1. The van der Waals surface area contributed by atoms with E-state index in [0.717, 1.165) is 12.1 Å². The summed E-state index contributed by atoms with van der Waals surface area (Å²) in [7, 11) is 0. The lowest BCUT2D eigenvalue weighted by molar-refractivity contribution is 0.0735. The maximum atomic E-state index is 11.8. The van der Waals surface area contributed by atoms with E-state index in [4.69, 9.17) is 16.3 Å². The first-order chi connectivity index (χ1) is 8.19. The number of hydrogen-bond acceptors (Lipinski definition) is 2. The van der Waals surface area contributed by atoms with Crippen LogP contribution in [0.2, 0.25) is 5.02 Å². The number of ether oxygens (including phenoxy) is 1. The van der Waals surface area contributed by atoms with Crippen molar-refractivity contribution in [3.8, 4) is 5.75 Å². The molecule has 0 fully saturated rings. The molecule has 1 aromatic heterocycles. The van der Waals surface area contributed by atoms with E-state index in [-0.39, 0.29) is 5.97 Å². The molecule has 1 heterocycles. The van der Waals surface area contributed by atoms with Gasteiger partial charge in [-0.3, -0.25) is 0 Å². The number of hydrogen-bond donors (Lipinski definition) is 1. The van der Waals surface area contributed by atoms with Crippen molar-refractivity contribution >= 4 is 17.6 Å². The summed E-state index contributed by atoms with van der Waals surface area (Å²) in [6.45, 7) is 2.01. The normalized spacial score (nSPS) is 10.2. The van der Waals surface area contributed by atoms with Crippen LogP contribution in [0, 0.1) is 0 Å². The third-order valence-corrected chi connectivity index (χ3v) is 2.60. The van der Waals surface area contributed by atoms with Crippen molar-refractivity contribution in [2.45, 2.75) is 13.3 Å². The largest absolute Gasteiger partial charge is 0.423 e. The first-order valence-electron chi connectivity index (χ1n) is 5.34. The van der Waals surface area contributed by atoms with Crippen LogP contribution < -0.4 is 4.74 Å². The lowest BCUT2D eigenvalue weighted by Crippen LogP contribution is -2.07. The molecule has 3 nitrogen and oxygen atoms in total. The summed E-state index contributed by atoms with van der Waals surface area (Å²) < 4.78 is 5.20. The molecular weight excluding hydrogens is 238 g/mol. The Kier molecular flexibility index (Phi) is 3.49. The molecule has 0 radical (unpaired) electrons. The quantitative estimate of drug-likeness (QED) is 0.669. The van der Waals surface area contributed by atoms with Crippen molar-refractivity contribution in [2.75, 3.05) is 0 Å². The molecule has 88 valence electrons. The number of rotatable bonds is 3. The summed E-state index contributed by atoms with van der Waals surface area (Å²) in [5.41, 5.74) is 1.52. The van der Waals surface area contributed by atoms with Gasteiger partial charge in [0.25, 0.3) is 0 Å². The standard InChI is InChI=1S/C13H12ClNO2/c1-2-11-6-9(8-15-11)13(16)17-12-5-3-4-10(14)7-12/h3-8,15H,2H2,1H3. The number of carbonyl (C=O) groups is 1. The van der Waals surface area contributed by atoms with Crippen LogP contribution in [0.4, 0.5) is 0 Å². The molecule has 0 bridgehead atoms. The van der Waals surface area contributed by atoms with Crippen LogP contribution in [0.5, 0.6) is 5.75 Å². The van der Waals surface area contributed by atoms with Gasteiger partial charge in [0.2, 0.25) is 0 Å². The minimum atomic E-state index is -0.386. The van der Waals surface area contributed by atoms with Crippen molar-refractivity contribution in [1.29, 1.82) is 0 Å². The highest BCUT2D eigenvalue weighted by atomic mass is 35.5. The number of H-pyrrole nitrogens is 1. The van der Waals surface area contributed by atoms with E-state index in [1.165, 1.54) is 0 Å². The summed E-state index contributed by atoms with van der Waals surface area (Å²) >= 11 is 5.80. The average molecular weight is 250 g/mol. The van der Waals surface area contributed by atoms with E-state index in [1.807, 2.05) is 6.92 Å². The molecule has 0 aliphatic carbocycles. The van der Waals surface area contributed by atoms with E-state index in [1.54, 1.807) is 36.5 Å². The molecule has 0 aliphatic rings. The minimum Gasteiger partial charge on any atom is -0.423 e. The Hall–Kier alpha value is -1.74. The first kappa shape index (κ1) is 11.7. The minimum absolute atomic E-state index is 0.386. The Balaban J connectivity index is 2.11. The van der Waals surface area contributed by atoms with Crippen LogP contribution in [-0.4, -0.2) is 11.0 Å². The van der Waals surface area contributed by atoms with Gasteiger partial charge in [-0.2, -0.15) is 0 Å². The van der Waals surface area contributed by atoms with E-state index in [2.05, 4.69) is 4.98 Å². The number of aromatic nitrogens is 1. The Morgan fingerprint density at radius 3 is 2.88 bits per heavy atom. The molecule has 0 unspecified atom stereocenters. The van der Waals surface area contributed by atoms with Crippen LogP contribution >= 0.6 is 11.6 Å². The van der Waals surface area contributed by atoms with Crippen LogP contribution in [-0.2, 0) is 6.42 Å². The number of halogens is 1. The van der Waals surface area contributed by atoms with Gasteiger partial charge in [0.1, 0.15) is 5.75 Å². The molecule has 4 heteroatoms. The zero-order valence-corrected chi connectivity index (χ0v) is 10.1. The Morgan fingerprint density at radius 2 is 2.24 bits per heavy atom. The second-order valence-corrected chi connectivity index (χ2v) is 4.05. The molecule has 17 heavy (non-hydrogen) atoms. The van der Waals surface area contributed by atoms with Crippen LogP contribution in [0.3, 0.4) is 0 Å². The molecule has 0 saturated heterocycles. The molecule has 0 saturated carbocycles. The SMILES string of the molecule is CCc1cc(C(=O)Oc2cccc(Cl)c2)c[nH]1. The number of carbonyl (C=O) groups excluding carboxylic acids is 1. The zero-order valence-electron chi connectivity index (χ0n) is 9.37. The Morgan fingerprint density at radius 1 is 1.41 bits per heavy atom.